The van der Waals surface area contributed by atoms with Gasteiger partial charge in [0.1, 0.15) is 17.5 Å². The summed E-state index contributed by atoms with van der Waals surface area (Å²) in [5, 5.41) is 0. The standard InChI is InChI=1S/C14H12F3N/c1-8-2-3-9(7-18)11(4-8)14-12(16)5-10(15)6-13(14)17/h2-6H,7,18H2,1H3. The fourth-order valence-corrected chi connectivity index (χ4v) is 1.90. The molecule has 0 aliphatic heterocycles. The molecule has 0 aliphatic rings. The lowest BCUT2D eigenvalue weighted by Crippen LogP contribution is -2.02. The topological polar surface area (TPSA) is 26.0 Å². The van der Waals surface area contributed by atoms with Crippen molar-refractivity contribution in [3.8, 4) is 11.1 Å². The van der Waals surface area contributed by atoms with Crippen LogP contribution in [0, 0.1) is 24.4 Å². The third-order valence-electron chi connectivity index (χ3n) is 2.76. The van der Waals surface area contributed by atoms with E-state index in [4.69, 9.17) is 5.73 Å². The van der Waals surface area contributed by atoms with Crippen molar-refractivity contribution in [3.63, 3.8) is 0 Å². The Kier molecular flexibility index (Phi) is 3.39. The van der Waals surface area contributed by atoms with E-state index in [9.17, 15) is 13.2 Å². The summed E-state index contributed by atoms with van der Waals surface area (Å²) in [6.07, 6.45) is 0. The molecular weight excluding hydrogens is 239 g/mol. The second-order valence-corrected chi connectivity index (χ2v) is 4.11. The minimum absolute atomic E-state index is 0.159. The molecule has 2 aromatic carbocycles. The summed E-state index contributed by atoms with van der Waals surface area (Å²) in [6.45, 7) is 1.97. The molecule has 0 bridgehead atoms. The largest absolute Gasteiger partial charge is 0.326 e. The highest BCUT2D eigenvalue weighted by Crippen LogP contribution is 2.30. The van der Waals surface area contributed by atoms with Gasteiger partial charge in [-0.3, -0.25) is 0 Å². The SMILES string of the molecule is Cc1ccc(CN)c(-c2c(F)cc(F)cc2F)c1. The van der Waals surface area contributed by atoms with E-state index in [-0.39, 0.29) is 12.1 Å². The molecule has 18 heavy (non-hydrogen) atoms. The van der Waals surface area contributed by atoms with Gasteiger partial charge in [-0.1, -0.05) is 23.8 Å². The van der Waals surface area contributed by atoms with Gasteiger partial charge in [-0.05, 0) is 18.1 Å². The fourth-order valence-electron chi connectivity index (χ4n) is 1.90. The van der Waals surface area contributed by atoms with E-state index in [1.165, 1.54) is 0 Å². The van der Waals surface area contributed by atoms with Gasteiger partial charge in [-0.25, -0.2) is 13.2 Å². The van der Waals surface area contributed by atoms with Crippen LogP contribution >= 0.6 is 0 Å². The molecule has 0 fully saturated rings. The Morgan fingerprint density at radius 3 is 2.17 bits per heavy atom. The van der Waals surface area contributed by atoms with Crippen LogP contribution in [0.25, 0.3) is 11.1 Å². The Balaban J connectivity index is 2.72. The molecule has 0 aromatic heterocycles. The van der Waals surface area contributed by atoms with Crippen LogP contribution < -0.4 is 5.73 Å². The summed E-state index contributed by atoms with van der Waals surface area (Å²) < 4.78 is 40.3. The molecule has 0 heterocycles. The van der Waals surface area contributed by atoms with Crippen LogP contribution in [0.1, 0.15) is 11.1 Å². The number of nitrogens with two attached hydrogens (primary N) is 1. The Labute approximate surface area is 103 Å². The molecule has 0 saturated carbocycles. The van der Waals surface area contributed by atoms with E-state index < -0.39 is 17.5 Å². The van der Waals surface area contributed by atoms with Gasteiger partial charge in [0.05, 0.1) is 5.56 Å². The Bertz CT molecular complexity index is 571. The van der Waals surface area contributed by atoms with Crippen LogP contribution in [0.4, 0.5) is 13.2 Å². The first-order valence-corrected chi connectivity index (χ1v) is 5.47. The Morgan fingerprint density at radius 1 is 1.00 bits per heavy atom. The van der Waals surface area contributed by atoms with Crippen LogP contribution in [0.15, 0.2) is 30.3 Å². The van der Waals surface area contributed by atoms with E-state index in [1.54, 1.807) is 12.1 Å². The quantitative estimate of drug-likeness (QED) is 0.868. The first-order valence-electron chi connectivity index (χ1n) is 5.47. The van der Waals surface area contributed by atoms with Crippen molar-refractivity contribution in [1.29, 1.82) is 0 Å². The highest BCUT2D eigenvalue weighted by Gasteiger charge is 2.16. The maximum absolute atomic E-state index is 13.7. The molecule has 2 rings (SSSR count). The number of benzene rings is 2. The molecule has 4 heteroatoms. The zero-order valence-electron chi connectivity index (χ0n) is 9.81. The monoisotopic (exact) mass is 251 g/mol. The third-order valence-corrected chi connectivity index (χ3v) is 2.76. The minimum atomic E-state index is -0.935. The second kappa shape index (κ2) is 4.82. The third kappa shape index (κ3) is 2.24. The Morgan fingerprint density at radius 2 is 1.61 bits per heavy atom. The summed E-state index contributed by atoms with van der Waals surface area (Å²) in [4.78, 5) is 0. The number of halogens is 3. The summed E-state index contributed by atoms with van der Waals surface area (Å²) in [7, 11) is 0. The Hall–Kier alpha value is -1.81. The normalized spacial score (nSPS) is 10.7. The van der Waals surface area contributed by atoms with Crippen LogP contribution in [0.5, 0.6) is 0 Å². The molecule has 0 unspecified atom stereocenters. The van der Waals surface area contributed by atoms with Gasteiger partial charge in [-0.15, -0.1) is 0 Å². The summed E-state index contributed by atoms with van der Waals surface area (Å²) in [5.74, 6) is -2.78. The van der Waals surface area contributed by atoms with Gasteiger partial charge in [0.2, 0.25) is 0 Å². The second-order valence-electron chi connectivity index (χ2n) is 4.11. The van der Waals surface area contributed by atoms with Crippen LogP contribution in [0.3, 0.4) is 0 Å². The van der Waals surface area contributed by atoms with Gasteiger partial charge >= 0.3 is 0 Å². The summed E-state index contributed by atoms with van der Waals surface area (Å²) in [6, 6.07) is 6.50. The van der Waals surface area contributed by atoms with E-state index in [0.29, 0.717) is 23.3 Å². The average molecular weight is 251 g/mol. The van der Waals surface area contributed by atoms with Crippen molar-refractivity contribution >= 4 is 0 Å². The first-order chi connectivity index (χ1) is 8.52. The lowest BCUT2D eigenvalue weighted by Gasteiger charge is -2.11. The van der Waals surface area contributed by atoms with Crippen molar-refractivity contribution in [2.75, 3.05) is 0 Å². The molecule has 2 N–H and O–H groups in total. The summed E-state index contributed by atoms with van der Waals surface area (Å²) >= 11 is 0. The number of rotatable bonds is 2. The molecular formula is C14H12F3N. The molecule has 2 aromatic rings. The number of aryl methyl sites for hydroxylation is 1. The van der Waals surface area contributed by atoms with Gasteiger partial charge in [-0.2, -0.15) is 0 Å². The predicted octanol–water partition coefficient (Wildman–Crippen LogP) is 3.54. The fraction of sp³-hybridized carbons (Fsp3) is 0.143. The van der Waals surface area contributed by atoms with Gasteiger partial charge in [0.25, 0.3) is 0 Å². The van der Waals surface area contributed by atoms with Crippen molar-refractivity contribution < 1.29 is 13.2 Å². The molecule has 0 aliphatic carbocycles. The highest BCUT2D eigenvalue weighted by molar-refractivity contribution is 5.69. The van der Waals surface area contributed by atoms with Crippen LogP contribution in [0.2, 0.25) is 0 Å². The highest BCUT2D eigenvalue weighted by atomic mass is 19.1. The zero-order valence-corrected chi connectivity index (χ0v) is 9.81. The van der Waals surface area contributed by atoms with Gasteiger partial charge in [0.15, 0.2) is 0 Å². The molecule has 1 nitrogen and oxygen atoms in total. The van der Waals surface area contributed by atoms with Crippen molar-refractivity contribution in [2.45, 2.75) is 13.5 Å². The molecule has 0 radical (unpaired) electrons. The zero-order chi connectivity index (χ0) is 13.3. The van der Waals surface area contributed by atoms with E-state index >= 15 is 0 Å². The molecule has 94 valence electrons. The lowest BCUT2D eigenvalue weighted by atomic mass is 9.96. The molecule has 0 saturated heterocycles. The van der Waals surface area contributed by atoms with Crippen LogP contribution in [-0.4, -0.2) is 0 Å². The molecule has 0 atom stereocenters. The number of hydrogen-bond donors (Lipinski definition) is 1. The van der Waals surface area contributed by atoms with E-state index in [0.717, 1.165) is 5.56 Å². The van der Waals surface area contributed by atoms with Gasteiger partial charge < -0.3 is 5.73 Å². The van der Waals surface area contributed by atoms with Crippen molar-refractivity contribution in [3.05, 3.63) is 58.9 Å². The minimum Gasteiger partial charge on any atom is -0.326 e. The van der Waals surface area contributed by atoms with Crippen molar-refractivity contribution in [1.82, 2.24) is 0 Å². The maximum atomic E-state index is 13.7. The molecule has 0 amide bonds. The van der Waals surface area contributed by atoms with Crippen molar-refractivity contribution in [2.24, 2.45) is 5.73 Å². The smallest absolute Gasteiger partial charge is 0.136 e. The van der Waals surface area contributed by atoms with Gasteiger partial charge in [0, 0.05) is 18.7 Å². The predicted molar refractivity (Wildman–Crippen MR) is 64.4 cm³/mol. The molecule has 0 spiro atoms. The number of hydrogen-bond acceptors (Lipinski definition) is 1. The first kappa shape index (κ1) is 12.6. The average Bonchev–Trinajstić information content (AvgIpc) is 2.28. The maximum Gasteiger partial charge on any atom is 0.136 e. The van der Waals surface area contributed by atoms with E-state index in [1.807, 2.05) is 13.0 Å². The summed E-state index contributed by atoms with van der Waals surface area (Å²) in [5.41, 5.74) is 7.15. The van der Waals surface area contributed by atoms with E-state index in [2.05, 4.69) is 0 Å². The lowest BCUT2D eigenvalue weighted by molar-refractivity contribution is 0.548. The van der Waals surface area contributed by atoms with Crippen LogP contribution in [-0.2, 0) is 6.54 Å².